The van der Waals surface area contributed by atoms with Crippen LogP contribution in [0.25, 0.3) is 22.2 Å². The summed E-state index contributed by atoms with van der Waals surface area (Å²) in [6, 6.07) is 3.53. The lowest BCUT2D eigenvalue weighted by atomic mass is 10.0. The predicted octanol–water partition coefficient (Wildman–Crippen LogP) is 4.30. The molecule has 0 radical (unpaired) electrons. The highest BCUT2D eigenvalue weighted by Crippen LogP contribution is 2.33. The Bertz CT molecular complexity index is 1040. The summed E-state index contributed by atoms with van der Waals surface area (Å²) in [6.07, 6.45) is 0.0674. The summed E-state index contributed by atoms with van der Waals surface area (Å²) in [5, 5.41) is 3.97. The molecule has 0 fully saturated rings. The summed E-state index contributed by atoms with van der Waals surface area (Å²) in [6.45, 7) is 11.0. The number of ether oxygens (including phenoxy) is 2. The van der Waals surface area contributed by atoms with E-state index in [9.17, 15) is 9.59 Å². The molecule has 1 aromatic carbocycles. The molecule has 3 rings (SSSR count). The molecule has 2 aromatic heterocycles. The summed E-state index contributed by atoms with van der Waals surface area (Å²) >= 11 is 0. The lowest BCUT2D eigenvalue weighted by molar-refractivity contribution is 0.0527. The molecule has 0 saturated carbocycles. The predicted molar refractivity (Wildman–Crippen MR) is 103 cm³/mol. The first-order valence-electron chi connectivity index (χ1n) is 8.97. The maximum absolute atomic E-state index is 12.9. The van der Waals surface area contributed by atoms with E-state index in [2.05, 4.69) is 10.1 Å². The van der Waals surface area contributed by atoms with Crippen molar-refractivity contribution < 1.29 is 23.6 Å². The van der Waals surface area contributed by atoms with E-state index in [1.165, 1.54) is 4.57 Å². The van der Waals surface area contributed by atoms with Gasteiger partial charge in [0, 0.05) is 11.1 Å². The van der Waals surface area contributed by atoms with Gasteiger partial charge >= 0.3 is 12.1 Å². The van der Waals surface area contributed by atoms with Crippen LogP contribution in [0.15, 0.2) is 16.7 Å². The molecule has 0 aliphatic rings. The largest absolute Gasteiger partial charge is 0.465 e. The number of hydrogen-bond donors (Lipinski definition) is 0. The lowest BCUT2D eigenvalue weighted by Gasteiger charge is -2.20. The summed E-state index contributed by atoms with van der Waals surface area (Å²) < 4.78 is 17.5. The quantitative estimate of drug-likeness (QED) is 0.618. The third kappa shape index (κ3) is 3.49. The molecule has 0 saturated heterocycles. The van der Waals surface area contributed by atoms with Crippen LogP contribution in [-0.4, -0.2) is 39.3 Å². The molecular weight excluding hydrogens is 362 g/mol. The van der Waals surface area contributed by atoms with E-state index in [1.807, 2.05) is 6.92 Å². The van der Waals surface area contributed by atoms with Crippen LogP contribution < -0.4 is 4.74 Å². The second-order valence-electron chi connectivity index (χ2n) is 7.39. The maximum atomic E-state index is 12.9. The number of aromatic nitrogens is 3. The van der Waals surface area contributed by atoms with E-state index in [1.54, 1.807) is 46.8 Å². The van der Waals surface area contributed by atoms with Crippen molar-refractivity contribution in [3.8, 4) is 17.1 Å². The van der Waals surface area contributed by atoms with Crippen molar-refractivity contribution in [2.75, 3.05) is 6.61 Å². The van der Waals surface area contributed by atoms with Crippen LogP contribution in [0.3, 0.4) is 0 Å². The Kier molecular flexibility index (Phi) is 4.97. The van der Waals surface area contributed by atoms with Crippen LogP contribution in [0, 0.1) is 13.8 Å². The van der Waals surface area contributed by atoms with Crippen LogP contribution in [0.2, 0.25) is 0 Å². The van der Waals surface area contributed by atoms with E-state index >= 15 is 0 Å². The average Bonchev–Trinajstić information content (AvgIpc) is 3.12. The van der Waals surface area contributed by atoms with E-state index in [0.717, 1.165) is 5.56 Å². The molecule has 0 amide bonds. The molecule has 148 valence electrons. The van der Waals surface area contributed by atoms with Gasteiger partial charge in [0.2, 0.25) is 0 Å². The molecule has 0 aliphatic carbocycles. The number of hydrogen-bond acceptors (Lipinski definition) is 7. The number of fused-ring (bicyclic) bond motifs is 1. The van der Waals surface area contributed by atoms with Crippen molar-refractivity contribution in [3.63, 3.8) is 0 Å². The normalized spacial score (nSPS) is 11.6. The van der Waals surface area contributed by atoms with Crippen molar-refractivity contribution in [2.24, 2.45) is 0 Å². The Hall–Kier alpha value is -3.16. The SMILES string of the molecule is CCOc1nc2c(C=O)cc(-c3c(C)noc3C)cc2n1C(=O)OC(C)(C)C. The number of benzene rings is 1. The van der Waals surface area contributed by atoms with Crippen molar-refractivity contribution in [1.29, 1.82) is 0 Å². The molecular formula is C20H23N3O5. The Balaban J connectivity index is 2.31. The minimum Gasteiger partial charge on any atom is -0.465 e. The van der Waals surface area contributed by atoms with E-state index in [-0.39, 0.29) is 6.01 Å². The van der Waals surface area contributed by atoms with Gasteiger partial charge in [-0.1, -0.05) is 5.16 Å². The fourth-order valence-corrected chi connectivity index (χ4v) is 3.02. The van der Waals surface area contributed by atoms with Crippen LogP contribution >= 0.6 is 0 Å². The van der Waals surface area contributed by atoms with Gasteiger partial charge < -0.3 is 14.0 Å². The fraction of sp³-hybridized carbons (Fsp3) is 0.400. The zero-order valence-corrected chi connectivity index (χ0v) is 16.8. The Morgan fingerprint density at radius 1 is 1.29 bits per heavy atom. The van der Waals surface area contributed by atoms with E-state index in [4.69, 9.17) is 14.0 Å². The average molecular weight is 385 g/mol. The molecule has 0 aliphatic heterocycles. The molecule has 8 heteroatoms. The van der Waals surface area contributed by atoms with Gasteiger partial charge in [0.05, 0.1) is 17.8 Å². The third-order valence-electron chi connectivity index (χ3n) is 4.06. The number of rotatable bonds is 4. The summed E-state index contributed by atoms with van der Waals surface area (Å²) in [5.41, 5.74) is 2.54. The topological polar surface area (TPSA) is 96.5 Å². The molecule has 0 N–H and O–H groups in total. The first-order chi connectivity index (χ1) is 13.2. The zero-order valence-electron chi connectivity index (χ0n) is 16.8. The number of carbonyl (C=O) groups excluding carboxylic acids is 2. The van der Waals surface area contributed by atoms with Crippen LogP contribution in [0.4, 0.5) is 4.79 Å². The van der Waals surface area contributed by atoms with Gasteiger partial charge in [0.15, 0.2) is 6.29 Å². The Labute approximate surface area is 162 Å². The van der Waals surface area contributed by atoms with Crippen molar-refractivity contribution in [1.82, 2.24) is 14.7 Å². The van der Waals surface area contributed by atoms with Crippen LogP contribution in [0.1, 0.15) is 49.5 Å². The standard InChI is InChI=1S/C20H23N3O5/c1-7-26-18-21-17-14(10-24)8-13(16-11(2)22-28-12(16)3)9-15(17)23(18)19(25)27-20(4,5)6/h8-10H,7H2,1-6H3. The van der Waals surface area contributed by atoms with Crippen LogP contribution in [0.5, 0.6) is 6.01 Å². The molecule has 0 bridgehead atoms. The number of aryl methyl sites for hydroxylation is 2. The molecule has 3 aromatic rings. The van der Waals surface area contributed by atoms with Gasteiger partial charge in [0.25, 0.3) is 0 Å². The highest BCUT2D eigenvalue weighted by atomic mass is 16.6. The molecule has 2 heterocycles. The summed E-state index contributed by atoms with van der Waals surface area (Å²) in [7, 11) is 0. The second-order valence-corrected chi connectivity index (χ2v) is 7.39. The molecule has 0 spiro atoms. The van der Waals surface area contributed by atoms with E-state index in [0.29, 0.717) is 46.5 Å². The van der Waals surface area contributed by atoms with Crippen LogP contribution in [-0.2, 0) is 4.74 Å². The minimum atomic E-state index is -0.704. The van der Waals surface area contributed by atoms with Crippen molar-refractivity contribution in [3.05, 3.63) is 29.2 Å². The van der Waals surface area contributed by atoms with Gasteiger partial charge in [-0.3, -0.25) is 4.79 Å². The highest BCUT2D eigenvalue weighted by Gasteiger charge is 2.26. The highest BCUT2D eigenvalue weighted by molar-refractivity contribution is 6.01. The number of carbonyl (C=O) groups is 2. The van der Waals surface area contributed by atoms with Crippen molar-refractivity contribution in [2.45, 2.75) is 47.1 Å². The molecule has 0 unspecified atom stereocenters. The van der Waals surface area contributed by atoms with Gasteiger partial charge in [-0.25, -0.2) is 4.79 Å². The monoisotopic (exact) mass is 385 g/mol. The Morgan fingerprint density at radius 2 is 2.00 bits per heavy atom. The van der Waals surface area contributed by atoms with Gasteiger partial charge in [-0.05, 0) is 59.2 Å². The summed E-state index contributed by atoms with van der Waals surface area (Å²) in [5.74, 6) is 0.613. The number of aldehydes is 1. The molecule has 0 atom stereocenters. The maximum Gasteiger partial charge on any atom is 0.423 e. The number of imidazole rings is 1. The summed E-state index contributed by atoms with van der Waals surface area (Å²) in [4.78, 5) is 29.0. The molecule has 8 nitrogen and oxygen atoms in total. The first-order valence-corrected chi connectivity index (χ1v) is 8.97. The molecule has 28 heavy (non-hydrogen) atoms. The fourth-order valence-electron chi connectivity index (χ4n) is 3.02. The first kappa shape index (κ1) is 19.6. The van der Waals surface area contributed by atoms with Crippen molar-refractivity contribution >= 4 is 23.4 Å². The minimum absolute atomic E-state index is 0.0748. The zero-order chi connectivity index (χ0) is 20.6. The lowest BCUT2D eigenvalue weighted by Crippen LogP contribution is -2.27. The van der Waals surface area contributed by atoms with Gasteiger partial charge in [-0.15, -0.1) is 0 Å². The smallest absolute Gasteiger partial charge is 0.423 e. The van der Waals surface area contributed by atoms with Gasteiger partial charge in [-0.2, -0.15) is 9.55 Å². The third-order valence-corrected chi connectivity index (χ3v) is 4.06. The Morgan fingerprint density at radius 3 is 2.54 bits per heavy atom. The van der Waals surface area contributed by atoms with E-state index < -0.39 is 11.7 Å². The second kappa shape index (κ2) is 7.10. The van der Waals surface area contributed by atoms with Gasteiger partial charge in [0.1, 0.15) is 16.9 Å². The number of nitrogens with zero attached hydrogens (tertiary/aromatic N) is 3.